The largest absolute Gasteiger partial charge is 0.450 e. The highest BCUT2D eigenvalue weighted by molar-refractivity contribution is 7.13. The van der Waals surface area contributed by atoms with Crippen molar-refractivity contribution in [3.05, 3.63) is 40.9 Å². The van der Waals surface area contributed by atoms with Crippen molar-refractivity contribution in [2.24, 2.45) is 11.8 Å². The number of carbonyl (C=O) groups is 3. The second kappa shape index (κ2) is 10.9. The normalized spacial score (nSPS) is 12.0. The number of Topliss-reactive ketones (excluding diaryl/α,β-unsaturated/α-hetero) is 1. The minimum absolute atomic E-state index is 0.0993. The summed E-state index contributed by atoms with van der Waals surface area (Å²) in [6, 6.07) is 6.50. The number of rotatable bonds is 10. The van der Waals surface area contributed by atoms with E-state index in [1.165, 1.54) is 18.3 Å². The van der Waals surface area contributed by atoms with Gasteiger partial charge in [-0.15, -0.1) is 11.3 Å². The van der Waals surface area contributed by atoms with Gasteiger partial charge >= 0.3 is 5.97 Å². The van der Waals surface area contributed by atoms with Crippen molar-refractivity contribution >= 4 is 39.8 Å². The molecule has 1 aromatic heterocycles. The molecule has 0 saturated carbocycles. The maximum absolute atomic E-state index is 12.6. The lowest BCUT2D eigenvalue weighted by Gasteiger charge is -2.12. The predicted octanol–water partition coefficient (Wildman–Crippen LogP) is 4.62. The molecule has 8 heteroatoms. The number of nitrogens with zero attached hydrogens (tertiary/aromatic N) is 1. The Labute approximate surface area is 181 Å². The molecule has 2 N–H and O–H groups in total. The molecule has 1 amide bonds. The molecule has 1 heterocycles. The molecule has 1 aromatic carbocycles. The number of ketones is 1. The predicted molar refractivity (Wildman–Crippen MR) is 119 cm³/mol. The van der Waals surface area contributed by atoms with Crippen molar-refractivity contribution in [1.29, 1.82) is 0 Å². The van der Waals surface area contributed by atoms with Crippen LogP contribution in [0.1, 0.15) is 61.9 Å². The van der Waals surface area contributed by atoms with Crippen molar-refractivity contribution in [2.45, 2.75) is 47.1 Å². The Hall–Kier alpha value is -2.74. The first-order valence-electron chi connectivity index (χ1n) is 10.0. The molecule has 0 fully saturated rings. The monoisotopic (exact) mass is 431 g/mol. The first kappa shape index (κ1) is 23.5. The fraction of sp³-hybridized carbons (Fsp3) is 0.455. The molecule has 0 aliphatic rings. The molecule has 0 saturated heterocycles. The minimum Gasteiger partial charge on any atom is -0.450 e. The number of hydrogen-bond acceptors (Lipinski definition) is 7. The lowest BCUT2D eigenvalue weighted by atomic mass is 10.1. The highest BCUT2D eigenvalue weighted by Gasteiger charge is 2.22. The number of thiazole rings is 1. The SMILES string of the molecule is CC(C)CCNc1nc(C(=O)O[C@@H](C)C(=O)c2ccc(NC(=O)C(C)C)cc2)cs1. The molecule has 2 aromatic rings. The highest BCUT2D eigenvalue weighted by Crippen LogP contribution is 2.18. The van der Waals surface area contributed by atoms with Crippen molar-refractivity contribution in [1.82, 2.24) is 4.98 Å². The van der Waals surface area contributed by atoms with Gasteiger partial charge in [0.25, 0.3) is 0 Å². The Balaban J connectivity index is 1.91. The molecule has 0 aliphatic carbocycles. The van der Waals surface area contributed by atoms with Crippen molar-refractivity contribution in [2.75, 3.05) is 17.2 Å². The van der Waals surface area contributed by atoms with E-state index >= 15 is 0 Å². The van der Waals surface area contributed by atoms with Crippen molar-refractivity contribution < 1.29 is 19.1 Å². The lowest BCUT2D eigenvalue weighted by molar-refractivity contribution is -0.118. The van der Waals surface area contributed by atoms with Gasteiger partial charge in [-0.2, -0.15) is 0 Å². The number of hydrogen-bond donors (Lipinski definition) is 2. The Bertz CT molecular complexity index is 875. The van der Waals surface area contributed by atoms with Gasteiger partial charge in [0.2, 0.25) is 11.7 Å². The average Bonchev–Trinajstić information content (AvgIpc) is 3.16. The summed E-state index contributed by atoms with van der Waals surface area (Å²) in [5.41, 5.74) is 1.18. The molecule has 1 atom stereocenters. The third-order valence-corrected chi connectivity index (χ3v) is 5.13. The molecule has 0 aliphatic heterocycles. The van der Waals surface area contributed by atoms with Gasteiger partial charge in [-0.3, -0.25) is 9.59 Å². The Morgan fingerprint density at radius 3 is 2.33 bits per heavy atom. The summed E-state index contributed by atoms with van der Waals surface area (Å²) in [6.45, 7) is 10.2. The van der Waals surface area contributed by atoms with Crippen LogP contribution < -0.4 is 10.6 Å². The van der Waals surface area contributed by atoms with Crippen LogP contribution in [0.3, 0.4) is 0 Å². The summed E-state index contributed by atoms with van der Waals surface area (Å²) in [4.78, 5) is 40.9. The van der Waals surface area contributed by atoms with Gasteiger partial charge in [0, 0.05) is 29.1 Å². The van der Waals surface area contributed by atoms with Crippen LogP contribution >= 0.6 is 11.3 Å². The molecule has 0 unspecified atom stereocenters. The van der Waals surface area contributed by atoms with E-state index in [2.05, 4.69) is 29.5 Å². The highest BCUT2D eigenvalue weighted by atomic mass is 32.1. The van der Waals surface area contributed by atoms with Gasteiger partial charge in [0.15, 0.2) is 16.9 Å². The number of ether oxygens (including phenoxy) is 1. The smallest absolute Gasteiger partial charge is 0.358 e. The molecule has 0 radical (unpaired) electrons. The van der Waals surface area contributed by atoms with Crippen LogP contribution in [-0.4, -0.2) is 35.3 Å². The number of nitrogens with one attached hydrogen (secondary N) is 2. The van der Waals surface area contributed by atoms with Crippen LogP contribution in [0, 0.1) is 11.8 Å². The fourth-order valence-electron chi connectivity index (χ4n) is 2.43. The topological polar surface area (TPSA) is 97.4 Å². The second-order valence-corrected chi connectivity index (χ2v) is 8.64. The minimum atomic E-state index is -0.951. The summed E-state index contributed by atoms with van der Waals surface area (Å²) < 4.78 is 5.29. The third-order valence-electron chi connectivity index (χ3n) is 4.33. The second-order valence-electron chi connectivity index (χ2n) is 7.78. The number of anilines is 2. The summed E-state index contributed by atoms with van der Waals surface area (Å²) in [5, 5.41) is 8.21. The maximum Gasteiger partial charge on any atom is 0.358 e. The van der Waals surface area contributed by atoms with E-state index in [0.717, 1.165) is 13.0 Å². The first-order valence-corrected chi connectivity index (χ1v) is 10.9. The molecular weight excluding hydrogens is 402 g/mol. The van der Waals surface area contributed by atoms with E-state index in [1.807, 2.05) is 0 Å². The van der Waals surface area contributed by atoms with Crippen LogP contribution in [0.25, 0.3) is 0 Å². The number of carbonyl (C=O) groups excluding carboxylic acids is 3. The molecule has 30 heavy (non-hydrogen) atoms. The maximum atomic E-state index is 12.6. The van der Waals surface area contributed by atoms with Crippen LogP contribution in [0.2, 0.25) is 0 Å². The summed E-state index contributed by atoms with van der Waals surface area (Å²) in [5.74, 6) is -0.616. The van der Waals surface area contributed by atoms with E-state index in [9.17, 15) is 14.4 Å². The zero-order valence-electron chi connectivity index (χ0n) is 18.0. The standard InChI is InChI=1S/C22H29N3O4S/c1-13(2)10-11-23-22-25-18(12-30-22)21(28)29-15(5)19(26)16-6-8-17(9-7-16)24-20(27)14(3)4/h6-9,12-15H,10-11H2,1-5H3,(H,23,25)(H,24,27)/t15-/m0/s1. The number of esters is 1. The van der Waals surface area contributed by atoms with E-state index in [0.29, 0.717) is 22.3 Å². The van der Waals surface area contributed by atoms with Crippen LogP contribution in [0.15, 0.2) is 29.6 Å². The Morgan fingerprint density at radius 2 is 1.73 bits per heavy atom. The molecule has 2 rings (SSSR count). The summed E-state index contributed by atoms with van der Waals surface area (Å²) in [6.07, 6.45) is 0.0536. The third kappa shape index (κ3) is 6.95. The fourth-order valence-corrected chi connectivity index (χ4v) is 3.14. The van der Waals surface area contributed by atoms with Gasteiger partial charge in [0.05, 0.1) is 0 Å². The van der Waals surface area contributed by atoms with E-state index < -0.39 is 12.1 Å². The van der Waals surface area contributed by atoms with Crippen molar-refractivity contribution in [3.8, 4) is 0 Å². The molecule has 0 bridgehead atoms. The van der Waals surface area contributed by atoms with E-state index in [-0.39, 0.29) is 23.3 Å². The van der Waals surface area contributed by atoms with Gasteiger partial charge in [0.1, 0.15) is 0 Å². The molecule has 0 spiro atoms. The number of aromatic nitrogens is 1. The van der Waals surface area contributed by atoms with E-state index in [1.54, 1.807) is 43.5 Å². The van der Waals surface area contributed by atoms with Crippen LogP contribution in [0.4, 0.5) is 10.8 Å². The lowest BCUT2D eigenvalue weighted by Crippen LogP contribution is -2.24. The summed E-state index contributed by atoms with van der Waals surface area (Å²) in [7, 11) is 0. The number of amides is 1. The van der Waals surface area contributed by atoms with Gasteiger partial charge < -0.3 is 15.4 Å². The molecular formula is C22H29N3O4S. The van der Waals surface area contributed by atoms with E-state index in [4.69, 9.17) is 4.74 Å². The Morgan fingerprint density at radius 1 is 1.07 bits per heavy atom. The molecule has 162 valence electrons. The van der Waals surface area contributed by atoms with Gasteiger partial charge in [-0.25, -0.2) is 9.78 Å². The summed E-state index contributed by atoms with van der Waals surface area (Å²) >= 11 is 1.33. The van der Waals surface area contributed by atoms with Crippen molar-refractivity contribution in [3.63, 3.8) is 0 Å². The zero-order chi connectivity index (χ0) is 22.3. The number of benzene rings is 1. The first-order chi connectivity index (χ1) is 14.2. The van der Waals surface area contributed by atoms with Crippen LogP contribution in [0.5, 0.6) is 0 Å². The van der Waals surface area contributed by atoms with Gasteiger partial charge in [-0.1, -0.05) is 27.7 Å². The molecule has 7 nitrogen and oxygen atoms in total. The van der Waals surface area contributed by atoms with Crippen LogP contribution in [-0.2, 0) is 9.53 Å². The average molecular weight is 432 g/mol. The zero-order valence-corrected chi connectivity index (χ0v) is 18.8. The quantitative estimate of drug-likeness (QED) is 0.421. The Kier molecular flexibility index (Phi) is 8.53. The van der Waals surface area contributed by atoms with Gasteiger partial charge in [-0.05, 0) is 43.5 Å².